The molecule has 1 aliphatic heterocycles. The van der Waals surface area contributed by atoms with Crippen LogP contribution >= 0.6 is 0 Å². The van der Waals surface area contributed by atoms with Crippen LogP contribution in [-0.2, 0) is 9.84 Å². The van der Waals surface area contributed by atoms with Crippen molar-refractivity contribution >= 4 is 15.9 Å². The summed E-state index contributed by atoms with van der Waals surface area (Å²) in [5.74, 6) is 0. The number of carbonyl (C=O) groups excluding carboxylic acids is 1. The van der Waals surface area contributed by atoms with Crippen LogP contribution in [0.25, 0.3) is 0 Å². The highest BCUT2D eigenvalue weighted by Gasteiger charge is 2.37. The van der Waals surface area contributed by atoms with E-state index in [1.165, 1.54) is 12.3 Å². The average molecular weight is 191 g/mol. The molecular weight excluding hydrogens is 182 g/mol. The van der Waals surface area contributed by atoms with E-state index >= 15 is 0 Å². The van der Waals surface area contributed by atoms with Gasteiger partial charge in [-0.05, 0) is 6.08 Å². The van der Waals surface area contributed by atoms with Crippen LogP contribution < -0.4 is 16.4 Å². The zero-order valence-electron chi connectivity index (χ0n) is 6.37. The lowest BCUT2D eigenvalue weighted by Gasteiger charge is -2.27. The molecule has 1 atom stereocenters. The normalized spacial score (nSPS) is 29.3. The summed E-state index contributed by atoms with van der Waals surface area (Å²) in [5, 5.41) is 4.32. The topological polar surface area (TPSA) is 101 Å². The molecule has 0 aromatic carbocycles. The number of amides is 2. The summed E-state index contributed by atoms with van der Waals surface area (Å²) in [6.45, 7) is 0. The van der Waals surface area contributed by atoms with Crippen LogP contribution in [0, 0.1) is 0 Å². The molecule has 12 heavy (non-hydrogen) atoms. The van der Waals surface area contributed by atoms with Gasteiger partial charge in [0, 0.05) is 12.5 Å². The van der Waals surface area contributed by atoms with Crippen molar-refractivity contribution in [1.82, 2.24) is 10.6 Å². The molecule has 1 unspecified atom stereocenters. The zero-order chi connectivity index (χ0) is 9.41. The molecule has 1 heterocycles. The molecule has 1 rings (SSSR count). The molecule has 0 aromatic heterocycles. The van der Waals surface area contributed by atoms with Gasteiger partial charge in [-0.2, -0.15) is 0 Å². The lowest BCUT2D eigenvalue weighted by Crippen LogP contribution is -2.63. The van der Waals surface area contributed by atoms with Gasteiger partial charge in [-0.15, -0.1) is 0 Å². The van der Waals surface area contributed by atoms with Crippen molar-refractivity contribution in [3.05, 3.63) is 12.3 Å². The maximum atomic E-state index is 11.0. The Morgan fingerprint density at radius 2 is 2.17 bits per heavy atom. The molecule has 1 aliphatic rings. The van der Waals surface area contributed by atoms with Crippen LogP contribution in [0.15, 0.2) is 12.3 Å². The van der Waals surface area contributed by atoms with Gasteiger partial charge >= 0.3 is 6.03 Å². The Hall–Kier alpha value is -1.08. The molecule has 0 spiro atoms. The molecule has 0 aliphatic carbocycles. The number of nitrogens with two attached hydrogens (primary N) is 1. The van der Waals surface area contributed by atoms with Gasteiger partial charge < -0.3 is 10.6 Å². The maximum absolute atomic E-state index is 11.0. The first-order valence-corrected chi connectivity index (χ1v) is 4.99. The Morgan fingerprint density at radius 3 is 2.50 bits per heavy atom. The van der Waals surface area contributed by atoms with Gasteiger partial charge in [-0.3, -0.25) is 5.73 Å². The van der Waals surface area contributed by atoms with E-state index < -0.39 is 20.9 Å². The summed E-state index contributed by atoms with van der Waals surface area (Å²) in [4.78, 5) is 8.93. The fraction of sp³-hybridized carbons (Fsp3) is 0.400. The van der Waals surface area contributed by atoms with E-state index in [1.54, 1.807) is 0 Å². The number of hydrogen-bond acceptors (Lipinski definition) is 4. The van der Waals surface area contributed by atoms with E-state index in [4.69, 9.17) is 5.73 Å². The number of carbonyl (C=O) groups is 1. The molecule has 2 amide bonds. The summed E-state index contributed by atoms with van der Waals surface area (Å²) in [6, 6.07) is -0.634. The molecule has 0 radical (unpaired) electrons. The second-order valence-corrected chi connectivity index (χ2v) is 4.72. The predicted molar refractivity (Wildman–Crippen MR) is 42.6 cm³/mol. The molecule has 0 saturated carbocycles. The molecule has 0 saturated heterocycles. The van der Waals surface area contributed by atoms with Gasteiger partial charge in [0.25, 0.3) is 0 Å². The summed E-state index contributed by atoms with van der Waals surface area (Å²) in [7, 11) is -3.54. The van der Waals surface area contributed by atoms with Crippen molar-refractivity contribution in [2.45, 2.75) is 4.99 Å². The average Bonchev–Trinajstić information content (AvgIpc) is 1.83. The predicted octanol–water partition coefficient (Wildman–Crippen LogP) is -1.53. The van der Waals surface area contributed by atoms with Gasteiger partial charge in [0.2, 0.25) is 4.99 Å². The fourth-order valence-electron chi connectivity index (χ4n) is 0.713. The molecule has 0 aromatic rings. The van der Waals surface area contributed by atoms with Crippen molar-refractivity contribution in [2.75, 3.05) is 6.26 Å². The number of sulfone groups is 1. The SMILES string of the molecule is CS(=O)(=O)C1(N)C=CNC(=O)N1. The third-order valence-corrected chi connectivity index (χ3v) is 2.93. The standard InChI is InChI=1S/C5H9N3O3S/c1-12(10,11)5(6)2-3-7-4(9)8-5/h2-3H,6H2,1H3,(H2,7,8,9). The first-order chi connectivity index (χ1) is 5.35. The number of nitrogens with one attached hydrogen (secondary N) is 2. The molecular formula is C5H9N3O3S. The van der Waals surface area contributed by atoms with E-state index in [2.05, 4.69) is 10.6 Å². The monoisotopic (exact) mass is 191 g/mol. The minimum atomic E-state index is -3.54. The van der Waals surface area contributed by atoms with Gasteiger partial charge in [0.15, 0.2) is 9.84 Å². The summed E-state index contributed by atoms with van der Waals surface area (Å²) >= 11 is 0. The molecule has 0 bridgehead atoms. The van der Waals surface area contributed by atoms with Gasteiger partial charge in [-0.25, -0.2) is 13.2 Å². The van der Waals surface area contributed by atoms with Crippen LogP contribution in [0.1, 0.15) is 0 Å². The Balaban J connectivity index is 3.09. The fourth-order valence-corrected chi connectivity index (χ4v) is 1.31. The van der Waals surface area contributed by atoms with Gasteiger partial charge in [0.1, 0.15) is 0 Å². The minimum absolute atomic E-state index is 0.634. The van der Waals surface area contributed by atoms with Crippen LogP contribution in [0.2, 0.25) is 0 Å². The van der Waals surface area contributed by atoms with Crippen molar-refractivity contribution in [1.29, 1.82) is 0 Å². The van der Waals surface area contributed by atoms with E-state index in [1.807, 2.05) is 0 Å². The van der Waals surface area contributed by atoms with E-state index in [0.717, 1.165) is 6.26 Å². The first-order valence-electron chi connectivity index (χ1n) is 3.10. The maximum Gasteiger partial charge on any atom is 0.321 e. The number of rotatable bonds is 1. The number of urea groups is 1. The van der Waals surface area contributed by atoms with Crippen LogP contribution in [0.3, 0.4) is 0 Å². The molecule has 7 heteroatoms. The van der Waals surface area contributed by atoms with Gasteiger partial charge in [-0.1, -0.05) is 0 Å². The third-order valence-electron chi connectivity index (χ3n) is 1.47. The largest absolute Gasteiger partial charge is 0.321 e. The van der Waals surface area contributed by atoms with Crippen LogP contribution in [-0.4, -0.2) is 25.7 Å². The second kappa shape index (κ2) is 2.46. The van der Waals surface area contributed by atoms with E-state index in [-0.39, 0.29) is 0 Å². The van der Waals surface area contributed by atoms with Crippen molar-refractivity contribution in [3.8, 4) is 0 Å². The van der Waals surface area contributed by atoms with Crippen molar-refractivity contribution in [3.63, 3.8) is 0 Å². The van der Waals surface area contributed by atoms with Crippen molar-refractivity contribution in [2.24, 2.45) is 5.73 Å². The Bertz CT molecular complexity index is 334. The minimum Gasteiger partial charge on any atom is -0.315 e. The Morgan fingerprint density at radius 1 is 1.58 bits per heavy atom. The highest BCUT2D eigenvalue weighted by Crippen LogP contribution is 2.09. The molecule has 6 nitrogen and oxygen atoms in total. The first kappa shape index (κ1) is 9.01. The Labute approximate surface area is 69.7 Å². The smallest absolute Gasteiger partial charge is 0.315 e. The van der Waals surface area contributed by atoms with Crippen LogP contribution in [0.4, 0.5) is 4.79 Å². The van der Waals surface area contributed by atoms with E-state index in [0.29, 0.717) is 0 Å². The van der Waals surface area contributed by atoms with E-state index in [9.17, 15) is 13.2 Å². The summed E-state index contributed by atoms with van der Waals surface area (Å²) in [5.41, 5.74) is 5.38. The zero-order valence-corrected chi connectivity index (χ0v) is 7.18. The van der Waals surface area contributed by atoms with Gasteiger partial charge in [0.05, 0.1) is 0 Å². The Kier molecular flexibility index (Phi) is 1.85. The van der Waals surface area contributed by atoms with Crippen molar-refractivity contribution < 1.29 is 13.2 Å². The molecule has 0 fully saturated rings. The summed E-state index contributed by atoms with van der Waals surface area (Å²) < 4.78 is 22.1. The molecule has 4 N–H and O–H groups in total. The lowest BCUT2D eigenvalue weighted by molar-refractivity contribution is 0.238. The van der Waals surface area contributed by atoms with Crippen LogP contribution in [0.5, 0.6) is 0 Å². The lowest BCUT2D eigenvalue weighted by atomic mass is 10.4. The molecule has 68 valence electrons. The highest BCUT2D eigenvalue weighted by atomic mass is 32.2. The third kappa shape index (κ3) is 1.41. The quantitative estimate of drug-likeness (QED) is 0.468. The summed E-state index contributed by atoms with van der Waals surface area (Å²) in [6.07, 6.45) is 3.31. The highest BCUT2D eigenvalue weighted by molar-refractivity contribution is 7.92. The number of hydrogen-bond donors (Lipinski definition) is 3. The second-order valence-electron chi connectivity index (χ2n) is 2.50.